The van der Waals surface area contributed by atoms with Crippen molar-refractivity contribution in [3.63, 3.8) is 0 Å². The third-order valence-electron chi connectivity index (χ3n) is 1.91. The molecule has 1 N–H and O–H groups in total. The number of ether oxygens (including phenoxy) is 1. The van der Waals surface area contributed by atoms with Gasteiger partial charge in [-0.3, -0.25) is 4.79 Å². The number of hydrogen-bond acceptors (Lipinski definition) is 3. The quantitative estimate of drug-likeness (QED) is 0.651. The Hall–Kier alpha value is -0.610. The summed E-state index contributed by atoms with van der Waals surface area (Å²) in [5.41, 5.74) is 0. The molecule has 1 fully saturated rings. The van der Waals surface area contributed by atoms with Gasteiger partial charge in [0.15, 0.2) is 0 Å². The highest BCUT2D eigenvalue weighted by atomic mass is 16.5. The average molecular weight is 173 g/mol. The number of nitrogens with zero attached hydrogens (tertiary/aromatic N) is 1. The lowest BCUT2D eigenvalue weighted by Gasteiger charge is -2.17. The third-order valence-corrected chi connectivity index (χ3v) is 1.91. The molecule has 1 aliphatic rings. The zero-order chi connectivity index (χ0) is 8.97. The predicted octanol–water partition coefficient (Wildman–Crippen LogP) is -0.0363. The SMILES string of the molecule is CCCC(O)C(=O)N1CCOC1. The molecule has 1 atom stereocenters. The Labute approximate surface area is 72.1 Å². The molecule has 12 heavy (non-hydrogen) atoms. The van der Waals surface area contributed by atoms with Crippen LogP contribution in [0.2, 0.25) is 0 Å². The number of aliphatic hydroxyl groups excluding tert-OH is 1. The van der Waals surface area contributed by atoms with Crippen molar-refractivity contribution in [2.75, 3.05) is 19.9 Å². The fourth-order valence-electron chi connectivity index (χ4n) is 1.20. The number of carbonyl (C=O) groups is 1. The normalized spacial score (nSPS) is 19.7. The van der Waals surface area contributed by atoms with E-state index in [1.54, 1.807) is 4.90 Å². The van der Waals surface area contributed by atoms with Crippen LogP contribution in [0.4, 0.5) is 0 Å². The molecule has 0 aromatic rings. The molecule has 1 saturated heterocycles. The molecule has 0 bridgehead atoms. The topological polar surface area (TPSA) is 49.8 Å². The number of carbonyl (C=O) groups excluding carboxylic acids is 1. The fourth-order valence-corrected chi connectivity index (χ4v) is 1.20. The van der Waals surface area contributed by atoms with Crippen molar-refractivity contribution in [3.8, 4) is 0 Å². The Bertz CT molecular complexity index is 154. The molecule has 4 heteroatoms. The van der Waals surface area contributed by atoms with Crippen LogP contribution in [0.5, 0.6) is 0 Å². The van der Waals surface area contributed by atoms with Gasteiger partial charge >= 0.3 is 0 Å². The lowest BCUT2D eigenvalue weighted by atomic mass is 10.2. The van der Waals surface area contributed by atoms with Crippen molar-refractivity contribution in [1.29, 1.82) is 0 Å². The predicted molar refractivity (Wildman–Crippen MR) is 43.4 cm³/mol. The van der Waals surface area contributed by atoms with E-state index >= 15 is 0 Å². The van der Waals surface area contributed by atoms with Gasteiger partial charge in [-0.1, -0.05) is 13.3 Å². The maximum Gasteiger partial charge on any atom is 0.253 e. The van der Waals surface area contributed by atoms with Gasteiger partial charge in [-0.05, 0) is 6.42 Å². The molecule has 0 aromatic heterocycles. The summed E-state index contributed by atoms with van der Waals surface area (Å²) in [6, 6.07) is 0. The highest BCUT2D eigenvalue weighted by Crippen LogP contribution is 2.05. The van der Waals surface area contributed by atoms with Gasteiger partial charge in [-0.15, -0.1) is 0 Å². The van der Waals surface area contributed by atoms with Gasteiger partial charge in [0.1, 0.15) is 12.8 Å². The van der Waals surface area contributed by atoms with Crippen LogP contribution >= 0.6 is 0 Å². The minimum atomic E-state index is -0.836. The van der Waals surface area contributed by atoms with Gasteiger partial charge < -0.3 is 14.7 Å². The molecule has 0 saturated carbocycles. The molecular formula is C8H15NO3. The minimum Gasteiger partial charge on any atom is -0.383 e. The van der Waals surface area contributed by atoms with E-state index in [0.717, 1.165) is 6.42 Å². The van der Waals surface area contributed by atoms with Gasteiger partial charge in [0.25, 0.3) is 5.91 Å². The summed E-state index contributed by atoms with van der Waals surface area (Å²) in [5.74, 6) is -0.200. The Morgan fingerprint density at radius 1 is 1.75 bits per heavy atom. The first-order valence-electron chi connectivity index (χ1n) is 4.30. The summed E-state index contributed by atoms with van der Waals surface area (Å²) in [6.45, 7) is 3.47. The Balaban J connectivity index is 2.34. The second kappa shape index (κ2) is 4.42. The van der Waals surface area contributed by atoms with E-state index in [1.807, 2.05) is 6.92 Å². The highest BCUT2D eigenvalue weighted by molar-refractivity contribution is 5.80. The summed E-state index contributed by atoms with van der Waals surface area (Å²) >= 11 is 0. The Morgan fingerprint density at radius 3 is 3.00 bits per heavy atom. The van der Waals surface area contributed by atoms with E-state index in [1.165, 1.54) is 0 Å². The van der Waals surface area contributed by atoms with Crippen molar-refractivity contribution < 1.29 is 14.6 Å². The van der Waals surface area contributed by atoms with E-state index in [2.05, 4.69) is 0 Å². The lowest BCUT2D eigenvalue weighted by Crippen LogP contribution is -2.37. The van der Waals surface area contributed by atoms with Crippen molar-refractivity contribution in [2.45, 2.75) is 25.9 Å². The first-order valence-corrected chi connectivity index (χ1v) is 4.30. The molecule has 0 radical (unpaired) electrons. The van der Waals surface area contributed by atoms with Gasteiger partial charge in [0.05, 0.1) is 6.61 Å². The van der Waals surface area contributed by atoms with Crippen LogP contribution in [0.3, 0.4) is 0 Å². The molecule has 1 unspecified atom stereocenters. The van der Waals surface area contributed by atoms with Crippen LogP contribution in [0.25, 0.3) is 0 Å². The maximum atomic E-state index is 11.3. The Kier molecular flexibility index (Phi) is 3.49. The molecular weight excluding hydrogens is 158 g/mol. The molecule has 0 aromatic carbocycles. The standard InChI is InChI=1S/C8H15NO3/c1-2-3-7(10)8(11)9-4-5-12-6-9/h7,10H,2-6H2,1H3. The number of amides is 1. The van der Waals surface area contributed by atoms with Crippen molar-refractivity contribution in [1.82, 2.24) is 4.90 Å². The number of hydrogen-bond donors (Lipinski definition) is 1. The largest absolute Gasteiger partial charge is 0.383 e. The Morgan fingerprint density at radius 2 is 2.50 bits per heavy atom. The smallest absolute Gasteiger partial charge is 0.253 e. The highest BCUT2D eigenvalue weighted by Gasteiger charge is 2.24. The fraction of sp³-hybridized carbons (Fsp3) is 0.875. The van der Waals surface area contributed by atoms with Crippen LogP contribution in [0.15, 0.2) is 0 Å². The van der Waals surface area contributed by atoms with Crippen LogP contribution in [-0.2, 0) is 9.53 Å². The van der Waals surface area contributed by atoms with Crippen molar-refractivity contribution >= 4 is 5.91 Å². The third kappa shape index (κ3) is 2.19. The summed E-state index contributed by atoms with van der Waals surface area (Å²) in [7, 11) is 0. The first-order chi connectivity index (χ1) is 5.75. The van der Waals surface area contributed by atoms with Gasteiger partial charge in [0.2, 0.25) is 0 Å². The summed E-state index contributed by atoms with van der Waals surface area (Å²) < 4.78 is 5.00. The molecule has 1 rings (SSSR count). The van der Waals surface area contributed by atoms with Gasteiger partial charge in [0, 0.05) is 6.54 Å². The molecule has 4 nitrogen and oxygen atoms in total. The van der Waals surface area contributed by atoms with Gasteiger partial charge in [-0.2, -0.15) is 0 Å². The molecule has 0 spiro atoms. The van der Waals surface area contributed by atoms with Crippen LogP contribution < -0.4 is 0 Å². The van der Waals surface area contributed by atoms with Gasteiger partial charge in [-0.25, -0.2) is 0 Å². The lowest BCUT2D eigenvalue weighted by molar-refractivity contribution is -0.140. The molecule has 0 aliphatic carbocycles. The van der Waals surface area contributed by atoms with E-state index in [0.29, 0.717) is 26.3 Å². The summed E-state index contributed by atoms with van der Waals surface area (Å²) in [6.07, 6.45) is 0.522. The van der Waals surface area contributed by atoms with Crippen LogP contribution in [0, 0.1) is 0 Å². The molecule has 1 amide bonds. The summed E-state index contributed by atoms with van der Waals surface area (Å²) in [5, 5.41) is 9.33. The first kappa shape index (κ1) is 9.48. The van der Waals surface area contributed by atoms with E-state index in [9.17, 15) is 9.90 Å². The van der Waals surface area contributed by atoms with Crippen molar-refractivity contribution in [2.24, 2.45) is 0 Å². The van der Waals surface area contributed by atoms with E-state index in [4.69, 9.17) is 4.74 Å². The zero-order valence-corrected chi connectivity index (χ0v) is 7.32. The van der Waals surface area contributed by atoms with Crippen LogP contribution in [-0.4, -0.2) is 41.9 Å². The maximum absolute atomic E-state index is 11.3. The van der Waals surface area contributed by atoms with E-state index in [-0.39, 0.29) is 5.91 Å². The van der Waals surface area contributed by atoms with Crippen molar-refractivity contribution in [3.05, 3.63) is 0 Å². The minimum absolute atomic E-state index is 0.200. The summed E-state index contributed by atoms with van der Waals surface area (Å²) in [4.78, 5) is 12.9. The molecule has 1 aliphatic heterocycles. The second-order valence-corrected chi connectivity index (χ2v) is 2.94. The zero-order valence-electron chi connectivity index (χ0n) is 7.32. The van der Waals surface area contributed by atoms with Crippen LogP contribution in [0.1, 0.15) is 19.8 Å². The number of aliphatic hydroxyl groups is 1. The molecule has 1 heterocycles. The monoisotopic (exact) mass is 173 g/mol. The average Bonchev–Trinajstić information content (AvgIpc) is 2.55. The molecule has 70 valence electrons. The van der Waals surface area contributed by atoms with E-state index < -0.39 is 6.10 Å². The number of rotatable bonds is 3. The second-order valence-electron chi connectivity index (χ2n) is 2.94.